The van der Waals surface area contributed by atoms with Crippen molar-refractivity contribution >= 4 is 0 Å². The largest absolute Gasteiger partial charge is 0.391 e. The zero-order valence-corrected chi connectivity index (χ0v) is 18.6. The van der Waals surface area contributed by atoms with Crippen molar-refractivity contribution < 1.29 is 26.3 Å². The van der Waals surface area contributed by atoms with E-state index in [1.165, 1.54) is 0 Å². The molecule has 0 aromatic carbocycles. The summed E-state index contributed by atoms with van der Waals surface area (Å²) < 4.78 is 77.8. The Bertz CT molecular complexity index is 567. The van der Waals surface area contributed by atoms with Crippen LogP contribution in [0.3, 0.4) is 0 Å². The van der Waals surface area contributed by atoms with E-state index in [1.807, 2.05) is 13.8 Å². The Morgan fingerprint density at radius 2 is 1.43 bits per heavy atom. The first-order chi connectivity index (χ1) is 14.0. The first kappa shape index (κ1) is 24.2. The lowest BCUT2D eigenvalue weighted by molar-refractivity contribution is -0.196. The second-order valence-electron chi connectivity index (χ2n) is 10.5. The van der Waals surface area contributed by atoms with E-state index in [-0.39, 0.29) is 30.1 Å². The van der Waals surface area contributed by atoms with E-state index in [9.17, 15) is 26.3 Å². The topological polar surface area (TPSA) is 0 Å². The fourth-order valence-corrected chi connectivity index (χ4v) is 8.07. The summed E-state index contributed by atoms with van der Waals surface area (Å²) in [7, 11) is 0. The van der Waals surface area contributed by atoms with Crippen molar-refractivity contribution in [3.63, 3.8) is 0 Å². The number of fused-ring (bicyclic) bond motifs is 5. The van der Waals surface area contributed by atoms with Gasteiger partial charge in [0, 0.05) is 6.42 Å². The lowest BCUT2D eigenvalue weighted by atomic mass is 9.49. The van der Waals surface area contributed by atoms with Crippen LogP contribution in [0.2, 0.25) is 0 Å². The fraction of sp³-hybridized carbons (Fsp3) is 1.00. The predicted octanol–water partition coefficient (Wildman–Crippen LogP) is 8.80. The molecule has 6 heteroatoms. The highest BCUT2D eigenvalue weighted by Crippen LogP contribution is 2.65. The molecule has 0 aliphatic heterocycles. The average molecular weight is 441 g/mol. The molecule has 0 aromatic rings. The van der Waals surface area contributed by atoms with Crippen molar-refractivity contribution in [3.8, 4) is 0 Å². The van der Waals surface area contributed by atoms with E-state index < -0.39 is 24.7 Å². The number of hydrogen-bond acceptors (Lipinski definition) is 0. The van der Waals surface area contributed by atoms with Crippen molar-refractivity contribution in [1.82, 2.24) is 0 Å². The molecule has 0 heterocycles. The highest BCUT2D eigenvalue weighted by Gasteiger charge is 2.58. The Kier molecular flexibility index (Phi) is 7.14. The van der Waals surface area contributed by atoms with E-state index in [0.29, 0.717) is 36.5 Å². The number of hydrogen-bond donors (Lipinski definition) is 0. The quantitative estimate of drug-likeness (QED) is 0.376. The maximum absolute atomic E-state index is 13.2. The molecule has 0 spiro atoms. The predicted molar refractivity (Wildman–Crippen MR) is 107 cm³/mol. The molecule has 0 N–H and O–H groups in total. The molecule has 4 aliphatic rings. The molecule has 8 atom stereocenters. The van der Waals surface area contributed by atoms with Crippen LogP contribution in [0.4, 0.5) is 26.3 Å². The SMILES string of the molecule is CC.C[C@]12CCC3[C@@H](CC[C@@H]4C[C@@H](C(F)(F)F)CC[C@H]34)C1CCC2CCC(F)(F)F. The smallest absolute Gasteiger partial charge is 0.171 e. The fourth-order valence-electron chi connectivity index (χ4n) is 8.07. The van der Waals surface area contributed by atoms with Gasteiger partial charge in [-0.3, -0.25) is 0 Å². The molecule has 176 valence electrons. The summed E-state index contributed by atoms with van der Waals surface area (Å²) in [5.41, 5.74) is 0.00241. The minimum absolute atomic E-state index is 0.00241. The third kappa shape index (κ3) is 4.67. The van der Waals surface area contributed by atoms with Gasteiger partial charge in [0.25, 0.3) is 0 Å². The van der Waals surface area contributed by atoms with Gasteiger partial charge in [-0.2, -0.15) is 26.3 Å². The molecule has 0 saturated heterocycles. The minimum atomic E-state index is -4.08. The normalized spacial score (nSPS) is 43.7. The molecule has 4 fully saturated rings. The average Bonchev–Trinajstić information content (AvgIpc) is 3.02. The number of halogens is 6. The van der Waals surface area contributed by atoms with Crippen LogP contribution >= 0.6 is 0 Å². The van der Waals surface area contributed by atoms with Crippen molar-refractivity contribution in [2.45, 2.75) is 104 Å². The number of rotatable bonds is 2. The summed E-state index contributed by atoms with van der Waals surface area (Å²) in [6.45, 7) is 6.22. The van der Waals surface area contributed by atoms with Gasteiger partial charge in [0.1, 0.15) is 0 Å². The van der Waals surface area contributed by atoms with E-state index in [2.05, 4.69) is 6.92 Å². The van der Waals surface area contributed by atoms with E-state index in [4.69, 9.17) is 0 Å². The lowest BCUT2D eigenvalue weighted by Gasteiger charge is -2.56. The first-order valence-electron chi connectivity index (χ1n) is 12.1. The van der Waals surface area contributed by atoms with Gasteiger partial charge in [0.2, 0.25) is 0 Å². The minimum Gasteiger partial charge on any atom is -0.171 e. The van der Waals surface area contributed by atoms with Gasteiger partial charge in [-0.05, 0) is 105 Å². The Hall–Kier alpha value is -0.420. The molecule has 3 unspecified atom stereocenters. The summed E-state index contributed by atoms with van der Waals surface area (Å²) in [6, 6.07) is 0. The molecular formula is C24H38F6. The molecule has 0 amide bonds. The van der Waals surface area contributed by atoms with Crippen LogP contribution in [0.15, 0.2) is 0 Å². The Labute approximate surface area is 177 Å². The van der Waals surface area contributed by atoms with Crippen LogP contribution in [0.1, 0.15) is 91.4 Å². The molecule has 4 aliphatic carbocycles. The second-order valence-corrected chi connectivity index (χ2v) is 10.5. The summed E-state index contributed by atoms with van der Waals surface area (Å²) >= 11 is 0. The third-order valence-corrected chi connectivity index (χ3v) is 9.39. The van der Waals surface area contributed by atoms with Crippen LogP contribution in [-0.2, 0) is 0 Å². The zero-order chi connectivity index (χ0) is 22.3. The highest BCUT2D eigenvalue weighted by atomic mass is 19.4. The van der Waals surface area contributed by atoms with E-state index in [0.717, 1.165) is 38.5 Å². The molecule has 0 nitrogen and oxygen atoms in total. The van der Waals surface area contributed by atoms with Gasteiger partial charge in [-0.25, -0.2) is 0 Å². The molecular weight excluding hydrogens is 402 g/mol. The van der Waals surface area contributed by atoms with Gasteiger partial charge in [0.05, 0.1) is 5.92 Å². The monoisotopic (exact) mass is 440 g/mol. The Morgan fingerprint density at radius 3 is 2.07 bits per heavy atom. The van der Waals surface area contributed by atoms with Crippen molar-refractivity contribution in [2.75, 3.05) is 0 Å². The second kappa shape index (κ2) is 8.84. The summed E-state index contributed by atoms with van der Waals surface area (Å²) in [4.78, 5) is 0. The van der Waals surface area contributed by atoms with Gasteiger partial charge >= 0.3 is 12.4 Å². The first-order valence-corrected chi connectivity index (χ1v) is 12.1. The van der Waals surface area contributed by atoms with Crippen LogP contribution in [0, 0.1) is 46.8 Å². The molecule has 0 radical (unpaired) electrons. The van der Waals surface area contributed by atoms with Crippen molar-refractivity contribution in [3.05, 3.63) is 0 Å². The van der Waals surface area contributed by atoms with Gasteiger partial charge in [0.15, 0.2) is 0 Å². The Balaban J connectivity index is 0.00000124. The maximum atomic E-state index is 13.2. The molecule has 0 bridgehead atoms. The van der Waals surface area contributed by atoms with Crippen molar-refractivity contribution in [1.29, 1.82) is 0 Å². The maximum Gasteiger partial charge on any atom is 0.391 e. The van der Waals surface area contributed by atoms with Gasteiger partial charge in [-0.1, -0.05) is 20.8 Å². The molecule has 4 rings (SSSR count). The molecule has 4 saturated carbocycles. The van der Waals surface area contributed by atoms with Crippen molar-refractivity contribution in [2.24, 2.45) is 46.8 Å². The Morgan fingerprint density at radius 1 is 0.767 bits per heavy atom. The van der Waals surface area contributed by atoms with Crippen LogP contribution in [0.5, 0.6) is 0 Å². The number of alkyl halides is 6. The van der Waals surface area contributed by atoms with E-state index in [1.54, 1.807) is 0 Å². The summed E-state index contributed by atoms with van der Waals surface area (Å²) in [5, 5.41) is 0. The van der Waals surface area contributed by atoms with Gasteiger partial charge < -0.3 is 0 Å². The third-order valence-electron chi connectivity index (χ3n) is 9.39. The molecule has 30 heavy (non-hydrogen) atoms. The van der Waals surface area contributed by atoms with Gasteiger partial charge in [-0.15, -0.1) is 0 Å². The summed E-state index contributed by atoms with van der Waals surface area (Å²) in [5.74, 6) is 1.15. The standard InChI is InChI=1S/C22H32F6.C2H6/c1-20-10-9-17-16-6-3-15(22(26,27)28)12-13(16)2-5-18(17)19(20)7-4-14(20)8-11-21(23,24)25;1-2/h13-19H,2-12H2,1H3;1-2H3/t13-,14?,15+,16+,17?,18-,19?,20-;/m1./s1. The van der Waals surface area contributed by atoms with Crippen LogP contribution in [-0.4, -0.2) is 12.4 Å². The zero-order valence-electron chi connectivity index (χ0n) is 18.6. The van der Waals surface area contributed by atoms with Crippen LogP contribution in [0.25, 0.3) is 0 Å². The summed E-state index contributed by atoms with van der Waals surface area (Å²) in [6.07, 6.45) is -1.57. The van der Waals surface area contributed by atoms with Crippen LogP contribution < -0.4 is 0 Å². The lowest BCUT2D eigenvalue weighted by Crippen LogP contribution is -2.49. The highest BCUT2D eigenvalue weighted by molar-refractivity contribution is 5.06. The van der Waals surface area contributed by atoms with E-state index >= 15 is 0 Å². The molecule has 0 aromatic heterocycles.